The Kier molecular flexibility index (Phi) is 8.26. The number of likely N-dealkylation sites (tertiary alicyclic amines) is 2. The number of hydrogen-bond donors (Lipinski definition) is 1. The van der Waals surface area contributed by atoms with E-state index in [1.54, 1.807) is 0 Å². The highest BCUT2D eigenvalue weighted by Gasteiger charge is 2.41. The second-order valence-corrected chi connectivity index (χ2v) is 11.0. The van der Waals surface area contributed by atoms with E-state index in [2.05, 4.69) is 0 Å². The van der Waals surface area contributed by atoms with Gasteiger partial charge in [0.05, 0.1) is 12.7 Å². The summed E-state index contributed by atoms with van der Waals surface area (Å²) in [6, 6.07) is 11.5. The molecular formula is C29H37ClN2O4. The van der Waals surface area contributed by atoms with E-state index in [9.17, 15) is 14.7 Å². The predicted octanol–water partition coefficient (Wildman–Crippen LogP) is 4.94. The molecule has 2 heterocycles. The summed E-state index contributed by atoms with van der Waals surface area (Å²) in [5.74, 6) is 0.790. The zero-order valence-corrected chi connectivity index (χ0v) is 22.3. The van der Waals surface area contributed by atoms with Gasteiger partial charge in [0.2, 0.25) is 5.91 Å². The minimum Gasteiger partial charge on any atom is -0.493 e. The Balaban J connectivity index is 1.55. The summed E-state index contributed by atoms with van der Waals surface area (Å²) >= 11 is 6.35. The minimum atomic E-state index is -0.494. The molecule has 2 aromatic carbocycles. The molecule has 0 saturated carbocycles. The van der Waals surface area contributed by atoms with Crippen molar-refractivity contribution >= 4 is 23.4 Å². The third-order valence-corrected chi connectivity index (χ3v) is 8.11. The first-order valence-corrected chi connectivity index (χ1v) is 13.2. The van der Waals surface area contributed by atoms with Crippen LogP contribution in [0, 0.1) is 26.2 Å². The van der Waals surface area contributed by atoms with Crippen LogP contribution in [-0.2, 0) is 4.79 Å². The minimum absolute atomic E-state index is 0.00509. The van der Waals surface area contributed by atoms with Crippen LogP contribution in [0.15, 0.2) is 36.4 Å². The van der Waals surface area contributed by atoms with Crippen molar-refractivity contribution < 1.29 is 19.4 Å². The average molecular weight is 513 g/mol. The maximum Gasteiger partial charge on any atom is 0.253 e. The molecule has 2 amide bonds. The van der Waals surface area contributed by atoms with Crippen LogP contribution in [0.4, 0.5) is 0 Å². The normalized spacial score (nSPS) is 20.9. The van der Waals surface area contributed by atoms with Crippen molar-refractivity contribution in [2.24, 2.45) is 5.41 Å². The van der Waals surface area contributed by atoms with E-state index in [1.165, 1.54) is 0 Å². The van der Waals surface area contributed by atoms with Gasteiger partial charge in [-0.1, -0.05) is 29.3 Å². The molecule has 194 valence electrons. The van der Waals surface area contributed by atoms with E-state index in [0.717, 1.165) is 40.3 Å². The van der Waals surface area contributed by atoms with E-state index >= 15 is 0 Å². The molecule has 36 heavy (non-hydrogen) atoms. The number of hydrogen-bond acceptors (Lipinski definition) is 4. The number of aryl methyl sites for hydroxylation is 3. The molecule has 1 N–H and O–H groups in total. The summed E-state index contributed by atoms with van der Waals surface area (Å²) in [4.78, 5) is 30.5. The lowest BCUT2D eigenvalue weighted by Crippen LogP contribution is -2.51. The van der Waals surface area contributed by atoms with Gasteiger partial charge in [-0.2, -0.15) is 0 Å². The molecule has 0 radical (unpaired) electrons. The lowest BCUT2D eigenvalue weighted by molar-refractivity contribution is -0.137. The number of halogens is 1. The van der Waals surface area contributed by atoms with E-state index in [4.69, 9.17) is 16.3 Å². The Labute approximate surface area is 219 Å². The first-order chi connectivity index (χ1) is 17.2. The number of carbonyl (C=O) groups is 2. The second-order valence-electron chi connectivity index (χ2n) is 10.6. The summed E-state index contributed by atoms with van der Waals surface area (Å²) in [5.41, 5.74) is 3.12. The van der Waals surface area contributed by atoms with Gasteiger partial charge in [-0.25, -0.2) is 0 Å². The Morgan fingerprint density at radius 2 is 1.75 bits per heavy atom. The number of aliphatic hydroxyl groups excluding tert-OH is 1. The number of ether oxygens (including phenoxy) is 1. The van der Waals surface area contributed by atoms with Gasteiger partial charge >= 0.3 is 0 Å². The summed E-state index contributed by atoms with van der Waals surface area (Å²) in [6.45, 7) is 8.50. The number of rotatable bonds is 6. The smallest absolute Gasteiger partial charge is 0.253 e. The van der Waals surface area contributed by atoms with Gasteiger partial charge in [0.1, 0.15) is 5.75 Å². The predicted molar refractivity (Wildman–Crippen MR) is 142 cm³/mol. The number of aliphatic hydroxyl groups is 1. The van der Waals surface area contributed by atoms with E-state index < -0.39 is 5.41 Å². The molecule has 0 unspecified atom stereocenters. The van der Waals surface area contributed by atoms with Crippen LogP contribution < -0.4 is 4.74 Å². The highest BCUT2D eigenvalue weighted by atomic mass is 35.5. The van der Waals surface area contributed by atoms with Crippen molar-refractivity contribution in [3.05, 3.63) is 63.7 Å². The molecule has 2 aliphatic rings. The molecule has 7 heteroatoms. The zero-order valence-electron chi connectivity index (χ0n) is 21.6. The molecular weight excluding hydrogens is 476 g/mol. The molecule has 2 aromatic rings. The second kappa shape index (κ2) is 11.2. The SMILES string of the molecule is Cc1cccc(C(=O)N2CCC[C@@](COc3cc(C)c(Cl)c(C)c3)(CC(=O)N3CCC(O)CC3)C2)c1. The van der Waals surface area contributed by atoms with Crippen molar-refractivity contribution in [2.75, 3.05) is 32.8 Å². The quantitative estimate of drug-likeness (QED) is 0.595. The fourth-order valence-corrected chi connectivity index (χ4v) is 5.54. The lowest BCUT2D eigenvalue weighted by atomic mass is 9.77. The molecule has 0 aromatic heterocycles. The van der Waals surface area contributed by atoms with Crippen LogP contribution in [0.2, 0.25) is 5.02 Å². The Hall–Kier alpha value is -2.57. The van der Waals surface area contributed by atoms with Gasteiger partial charge in [-0.3, -0.25) is 9.59 Å². The van der Waals surface area contributed by atoms with Crippen LogP contribution in [0.3, 0.4) is 0 Å². The van der Waals surface area contributed by atoms with E-state index in [1.807, 2.05) is 67.0 Å². The third kappa shape index (κ3) is 6.22. The maximum absolute atomic E-state index is 13.4. The first-order valence-electron chi connectivity index (χ1n) is 12.9. The van der Waals surface area contributed by atoms with Crippen LogP contribution in [0.1, 0.15) is 59.2 Å². The fourth-order valence-electron chi connectivity index (χ4n) is 5.43. The van der Waals surface area contributed by atoms with Gasteiger partial charge in [0.25, 0.3) is 5.91 Å². The number of nitrogens with zero attached hydrogens (tertiary/aromatic N) is 2. The van der Waals surface area contributed by atoms with Crippen LogP contribution in [0.25, 0.3) is 0 Å². The van der Waals surface area contributed by atoms with Crippen molar-refractivity contribution in [3.8, 4) is 5.75 Å². The highest BCUT2D eigenvalue weighted by molar-refractivity contribution is 6.32. The van der Waals surface area contributed by atoms with Crippen molar-refractivity contribution in [3.63, 3.8) is 0 Å². The molecule has 2 fully saturated rings. The number of amides is 2. The van der Waals surface area contributed by atoms with E-state index in [-0.39, 0.29) is 17.9 Å². The largest absolute Gasteiger partial charge is 0.493 e. The summed E-state index contributed by atoms with van der Waals surface area (Å²) in [6.07, 6.45) is 2.81. The van der Waals surface area contributed by atoms with Crippen molar-refractivity contribution in [2.45, 2.75) is 59.0 Å². The molecule has 0 spiro atoms. The highest BCUT2D eigenvalue weighted by Crippen LogP contribution is 2.37. The summed E-state index contributed by atoms with van der Waals surface area (Å²) in [5, 5.41) is 10.6. The number of piperidine rings is 2. The molecule has 1 atom stereocenters. The van der Waals surface area contributed by atoms with Gasteiger partial charge in [0.15, 0.2) is 0 Å². The molecule has 2 saturated heterocycles. The molecule has 0 bridgehead atoms. The van der Waals surface area contributed by atoms with Crippen LogP contribution in [0.5, 0.6) is 5.75 Å². The third-order valence-electron chi connectivity index (χ3n) is 7.51. The maximum atomic E-state index is 13.4. The van der Waals surface area contributed by atoms with Gasteiger partial charge in [0, 0.05) is 48.6 Å². The average Bonchev–Trinajstić information content (AvgIpc) is 2.86. The van der Waals surface area contributed by atoms with Crippen molar-refractivity contribution in [1.29, 1.82) is 0 Å². The molecule has 0 aliphatic carbocycles. The van der Waals surface area contributed by atoms with Gasteiger partial charge in [-0.05, 0) is 81.8 Å². The number of carbonyl (C=O) groups excluding carboxylic acids is 2. The molecule has 2 aliphatic heterocycles. The standard InChI is InChI=1S/C29H37ClN2O4/c1-20-6-4-7-23(14-20)28(35)32-11-5-10-29(18-32,17-26(34)31-12-8-24(33)9-13-31)19-36-25-15-21(2)27(30)22(3)16-25/h4,6-7,14-16,24,33H,5,8-13,17-19H2,1-3H3/t29-/m1/s1. The van der Waals surface area contributed by atoms with Gasteiger partial charge < -0.3 is 19.6 Å². The van der Waals surface area contributed by atoms with Crippen LogP contribution >= 0.6 is 11.6 Å². The Morgan fingerprint density at radius 1 is 1.06 bits per heavy atom. The van der Waals surface area contributed by atoms with Crippen LogP contribution in [-0.4, -0.2) is 65.6 Å². The zero-order chi connectivity index (χ0) is 25.9. The fraction of sp³-hybridized carbons (Fsp3) is 0.517. The Bertz CT molecular complexity index is 1090. The number of benzene rings is 2. The first kappa shape index (κ1) is 26.5. The molecule has 4 rings (SSSR count). The van der Waals surface area contributed by atoms with Gasteiger partial charge in [-0.15, -0.1) is 0 Å². The topological polar surface area (TPSA) is 70.1 Å². The van der Waals surface area contributed by atoms with Crippen molar-refractivity contribution in [1.82, 2.24) is 9.80 Å². The monoisotopic (exact) mass is 512 g/mol. The lowest BCUT2D eigenvalue weighted by Gasteiger charge is -2.43. The van der Waals surface area contributed by atoms with E-state index in [0.29, 0.717) is 57.6 Å². The summed E-state index contributed by atoms with van der Waals surface area (Å²) in [7, 11) is 0. The summed E-state index contributed by atoms with van der Waals surface area (Å²) < 4.78 is 6.32. The molecule has 6 nitrogen and oxygen atoms in total. The Morgan fingerprint density at radius 3 is 2.42 bits per heavy atom.